The first kappa shape index (κ1) is 16.6. The molecule has 116 valence electrons. The predicted molar refractivity (Wildman–Crippen MR) is 89.1 cm³/mol. The molecule has 0 unspecified atom stereocenters. The van der Waals surface area contributed by atoms with Crippen molar-refractivity contribution in [1.29, 1.82) is 0 Å². The highest BCUT2D eigenvalue weighted by Gasteiger charge is 2.20. The van der Waals surface area contributed by atoms with Gasteiger partial charge in [0.05, 0.1) is 22.3 Å². The van der Waals surface area contributed by atoms with Crippen molar-refractivity contribution < 1.29 is 4.79 Å². The molecule has 3 nitrogen and oxygen atoms in total. The molecule has 0 spiro atoms. The van der Waals surface area contributed by atoms with Gasteiger partial charge in [-0.25, -0.2) is 0 Å². The first-order valence-corrected chi connectivity index (χ1v) is 8.30. The molecule has 1 aromatic rings. The lowest BCUT2D eigenvalue weighted by Gasteiger charge is -2.28. The lowest BCUT2D eigenvalue weighted by atomic mass is 9.84. The number of carbonyl (C=O) groups is 1. The minimum absolute atomic E-state index is 0.118. The summed E-state index contributed by atoms with van der Waals surface area (Å²) in [5, 5.41) is 6.99. The van der Waals surface area contributed by atoms with Crippen LogP contribution in [-0.4, -0.2) is 18.5 Å². The Balaban J connectivity index is 1.82. The number of hydrogen-bond donors (Lipinski definition) is 2. The van der Waals surface area contributed by atoms with Crippen molar-refractivity contribution >= 4 is 34.8 Å². The summed E-state index contributed by atoms with van der Waals surface area (Å²) in [6.45, 7) is 2.44. The molecule has 5 heteroatoms. The molecule has 0 heterocycles. The van der Waals surface area contributed by atoms with E-state index in [0.29, 0.717) is 27.7 Å². The highest BCUT2D eigenvalue weighted by Crippen LogP contribution is 2.29. The van der Waals surface area contributed by atoms with E-state index < -0.39 is 0 Å². The van der Waals surface area contributed by atoms with Crippen LogP contribution in [0.4, 0.5) is 5.69 Å². The molecule has 0 aromatic heterocycles. The molecule has 0 aliphatic heterocycles. The summed E-state index contributed by atoms with van der Waals surface area (Å²) in [4.78, 5) is 12.0. The highest BCUT2D eigenvalue weighted by molar-refractivity contribution is 6.39. The summed E-state index contributed by atoms with van der Waals surface area (Å²) in [7, 11) is 0. The molecule has 1 amide bonds. The zero-order valence-electron chi connectivity index (χ0n) is 12.3. The van der Waals surface area contributed by atoms with Crippen LogP contribution in [0.15, 0.2) is 18.2 Å². The van der Waals surface area contributed by atoms with Gasteiger partial charge >= 0.3 is 0 Å². The molecule has 0 saturated heterocycles. The number of para-hydroxylation sites is 1. The molecule has 2 rings (SSSR count). The van der Waals surface area contributed by atoms with Crippen LogP contribution in [0.25, 0.3) is 0 Å². The Morgan fingerprint density at radius 1 is 1.24 bits per heavy atom. The second-order valence-electron chi connectivity index (χ2n) is 5.71. The van der Waals surface area contributed by atoms with Gasteiger partial charge in [-0.1, -0.05) is 48.5 Å². The summed E-state index contributed by atoms with van der Waals surface area (Å²) >= 11 is 12.1. The van der Waals surface area contributed by atoms with Gasteiger partial charge in [-0.15, -0.1) is 0 Å². The molecular formula is C16H22Cl2N2O. The molecule has 1 aromatic carbocycles. The molecule has 1 saturated carbocycles. The largest absolute Gasteiger partial charge is 0.322 e. The fourth-order valence-electron chi connectivity index (χ4n) is 2.86. The Bertz CT molecular complexity index is 467. The van der Waals surface area contributed by atoms with Gasteiger partial charge in [0.25, 0.3) is 0 Å². The Morgan fingerprint density at radius 3 is 2.48 bits per heavy atom. The molecular weight excluding hydrogens is 307 g/mol. The van der Waals surface area contributed by atoms with E-state index in [1.165, 1.54) is 32.1 Å². The van der Waals surface area contributed by atoms with Gasteiger partial charge < -0.3 is 10.6 Å². The Kier molecular flexibility index (Phi) is 6.34. The average molecular weight is 329 g/mol. The minimum atomic E-state index is -0.118. The zero-order valence-corrected chi connectivity index (χ0v) is 13.8. The molecule has 0 bridgehead atoms. The minimum Gasteiger partial charge on any atom is -0.322 e. The third-order valence-corrected chi connectivity index (χ3v) is 4.80. The van der Waals surface area contributed by atoms with Gasteiger partial charge in [0.1, 0.15) is 0 Å². The Morgan fingerprint density at radius 2 is 1.86 bits per heavy atom. The quantitative estimate of drug-likeness (QED) is 0.836. The maximum atomic E-state index is 12.0. The summed E-state index contributed by atoms with van der Waals surface area (Å²) in [5.41, 5.74) is 0.484. The second kappa shape index (κ2) is 8.02. The van der Waals surface area contributed by atoms with Crippen LogP contribution in [0.5, 0.6) is 0 Å². The predicted octanol–water partition coefficient (Wildman–Crippen LogP) is 4.49. The van der Waals surface area contributed by atoms with Gasteiger partial charge in [-0.05, 0) is 37.8 Å². The van der Waals surface area contributed by atoms with E-state index in [2.05, 4.69) is 17.6 Å². The molecule has 1 aliphatic carbocycles. The standard InChI is InChI=1S/C16H22Cl2N2O/c1-11(12-6-3-2-4-7-12)19-10-15(21)20-16-13(17)8-5-9-14(16)18/h5,8-9,11-12,19H,2-4,6-7,10H2,1H3,(H,20,21)/t11-/m1/s1. The number of rotatable bonds is 5. The second-order valence-corrected chi connectivity index (χ2v) is 6.53. The smallest absolute Gasteiger partial charge is 0.238 e. The Hall–Kier alpha value is -0.770. The number of amides is 1. The van der Waals surface area contributed by atoms with Crippen molar-refractivity contribution in [3.8, 4) is 0 Å². The van der Waals surface area contributed by atoms with Gasteiger partial charge in [-0.3, -0.25) is 4.79 Å². The maximum absolute atomic E-state index is 12.0. The van der Waals surface area contributed by atoms with E-state index in [1.807, 2.05) is 0 Å². The summed E-state index contributed by atoms with van der Waals surface area (Å²) in [6.07, 6.45) is 6.46. The average Bonchev–Trinajstić information content (AvgIpc) is 2.49. The van der Waals surface area contributed by atoms with E-state index >= 15 is 0 Å². The van der Waals surface area contributed by atoms with E-state index in [9.17, 15) is 4.79 Å². The number of carbonyl (C=O) groups excluding carboxylic acids is 1. The number of halogens is 2. The number of nitrogens with one attached hydrogen (secondary N) is 2. The van der Waals surface area contributed by atoms with Gasteiger partial charge in [0.2, 0.25) is 5.91 Å². The topological polar surface area (TPSA) is 41.1 Å². The van der Waals surface area contributed by atoms with Crippen LogP contribution < -0.4 is 10.6 Å². The van der Waals surface area contributed by atoms with Gasteiger partial charge in [0, 0.05) is 6.04 Å². The number of hydrogen-bond acceptors (Lipinski definition) is 2. The summed E-state index contributed by atoms with van der Waals surface area (Å²) in [5.74, 6) is 0.558. The monoisotopic (exact) mass is 328 g/mol. The zero-order chi connectivity index (χ0) is 15.2. The van der Waals surface area contributed by atoms with Crippen LogP contribution in [-0.2, 0) is 4.79 Å². The first-order valence-electron chi connectivity index (χ1n) is 7.55. The van der Waals surface area contributed by atoms with Gasteiger partial charge in [0.15, 0.2) is 0 Å². The summed E-state index contributed by atoms with van der Waals surface area (Å²) in [6, 6.07) is 5.53. The van der Waals surface area contributed by atoms with Crippen LogP contribution >= 0.6 is 23.2 Å². The maximum Gasteiger partial charge on any atom is 0.238 e. The van der Waals surface area contributed by atoms with E-state index in [1.54, 1.807) is 18.2 Å². The highest BCUT2D eigenvalue weighted by atomic mass is 35.5. The van der Waals surface area contributed by atoms with Crippen molar-refractivity contribution in [1.82, 2.24) is 5.32 Å². The van der Waals surface area contributed by atoms with Crippen molar-refractivity contribution in [3.05, 3.63) is 28.2 Å². The van der Waals surface area contributed by atoms with Crippen LogP contribution in [0.2, 0.25) is 10.0 Å². The molecule has 21 heavy (non-hydrogen) atoms. The fourth-order valence-corrected chi connectivity index (χ4v) is 3.35. The van der Waals surface area contributed by atoms with Gasteiger partial charge in [-0.2, -0.15) is 0 Å². The lowest BCUT2D eigenvalue weighted by molar-refractivity contribution is -0.115. The summed E-state index contributed by atoms with van der Waals surface area (Å²) < 4.78 is 0. The Labute approximate surface area is 136 Å². The van der Waals surface area contributed by atoms with E-state index in [4.69, 9.17) is 23.2 Å². The fraction of sp³-hybridized carbons (Fsp3) is 0.562. The van der Waals surface area contributed by atoms with Crippen molar-refractivity contribution in [2.24, 2.45) is 5.92 Å². The van der Waals surface area contributed by atoms with E-state index in [0.717, 1.165) is 0 Å². The van der Waals surface area contributed by atoms with Crippen LogP contribution in [0, 0.1) is 5.92 Å². The third kappa shape index (κ3) is 4.87. The SMILES string of the molecule is C[C@@H](NCC(=O)Nc1c(Cl)cccc1Cl)C1CCCCC1. The number of anilines is 1. The third-order valence-electron chi connectivity index (χ3n) is 4.17. The first-order chi connectivity index (χ1) is 10.1. The van der Waals surface area contributed by atoms with Crippen molar-refractivity contribution in [3.63, 3.8) is 0 Å². The van der Waals surface area contributed by atoms with Crippen LogP contribution in [0.1, 0.15) is 39.0 Å². The van der Waals surface area contributed by atoms with Crippen LogP contribution in [0.3, 0.4) is 0 Å². The van der Waals surface area contributed by atoms with E-state index in [-0.39, 0.29) is 12.5 Å². The van der Waals surface area contributed by atoms with Crippen molar-refractivity contribution in [2.45, 2.75) is 45.1 Å². The van der Waals surface area contributed by atoms with Crippen molar-refractivity contribution in [2.75, 3.05) is 11.9 Å². The lowest BCUT2D eigenvalue weighted by Crippen LogP contribution is -2.39. The normalized spacial score (nSPS) is 17.5. The molecule has 2 N–H and O–H groups in total. The molecule has 0 radical (unpaired) electrons. The molecule has 1 fully saturated rings. The number of benzene rings is 1. The molecule has 1 atom stereocenters. The molecule has 1 aliphatic rings.